The van der Waals surface area contributed by atoms with E-state index in [1.807, 2.05) is 0 Å². The topological polar surface area (TPSA) is 37.3 Å². The molecule has 0 heterocycles. The Morgan fingerprint density at radius 1 is 1.27 bits per heavy atom. The molecule has 0 bridgehead atoms. The fourth-order valence-corrected chi connectivity index (χ4v) is 1.86. The van der Waals surface area contributed by atoms with Gasteiger partial charge in [0.15, 0.2) is 0 Å². The second-order valence-electron chi connectivity index (χ2n) is 3.56. The highest BCUT2D eigenvalue weighted by Crippen LogP contribution is 2.28. The predicted octanol–water partition coefficient (Wildman–Crippen LogP) is 2.29. The van der Waals surface area contributed by atoms with Crippen molar-refractivity contribution in [1.29, 1.82) is 0 Å². The zero-order valence-corrected chi connectivity index (χ0v) is 7.05. The molecule has 1 N–H and O–H groups in total. The summed E-state index contributed by atoms with van der Waals surface area (Å²) < 4.78 is 0. The fourth-order valence-electron chi connectivity index (χ4n) is 1.86. The summed E-state index contributed by atoms with van der Waals surface area (Å²) in [6.07, 6.45) is 5.51. The minimum absolute atomic E-state index is 0.0718. The molecule has 2 nitrogen and oxygen atoms in total. The van der Waals surface area contributed by atoms with Crippen LogP contribution in [0.2, 0.25) is 0 Å². The van der Waals surface area contributed by atoms with Crippen LogP contribution in [0.5, 0.6) is 0 Å². The van der Waals surface area contributed by atoms with Crippen molar-refractivity contribution >= 4 is 5.97 Å². The molecule has 0 aromatic carbocycles. The number of hydrogen-bond acceptors (Lipinski definition) is 1. The standard InChI is InChI=1S/C9H16O2/c1-7-5-3-2-4-6-8(7)9(10)11/h7-8H,2-6H2,1H3,(H,10,11). The van der Waals surface area contributed by atoms with Crippen molar-refractivity contribution in [3.8, 4) is 0 Å². The van der Waals surface area contributed by atoms with E-state index in [2.05, 4.69) is 6.92 Å². The van der Waals surface area contributed by atoms with Gasteiger partial charge in [0.25, 0.3) is 0 Å². The molecule has 0 saturated heterocycles. The lowest BCUT2D eigenvalue weighted by Gasteiger charge is -2.15. The van der Waals surface area contributed by atoms with Crippen LogP contribution in [0.15, 0.2) is 0 Å². The first kappa shape index (κ1) is 8.57. The van der Waals surface area contributed by atoms with E-state index in [0.29, 0.717) is 5.92 Å². The van der Waals surface area contributed by atoms with E-state index in [-0.39, 0.29) is 5.92 Å². The van der Waals surface area contributed by atoms with Crippen LogP contribution < -0.4 is 0 Å². The Morgan fingerprint density at radius 3 is 2.55 bits per heavy atom. The molecular weight excluding hydrogens is 140 g/mol. The first-order valence-corrected chi connectivity index (χ1v) is 4.44. The van der Waals surface area contributed by atoms with E-state index < -0.39 is 5.97 Å². The predicted molar refractivity (Wildman–Crippen MR) is 43.4 cm³/mol. The third kappa shape index (κ3) is 2.21. The van der Waals surface area contributed by atoms with E-state index in [1.165, 1.54) is 12.8 Å². The zero-order valence-electron chi connectivity index (χ0n) is 7.05. The van der Waals surface area contributed by atoms with Gasteiger partial charge < -0.3 is 5.11 Å². The van der Waals surface area contributed by atoms with E-state index in [0.717, 1.165) is 19.3 Å². The Labute approximate surface area is 67.6 Å². The van der Waals surface area contributed by atoms with Crippen molar-refractivity contribution in [3.63, 3.8) is 0 Å². The summed E-state index contributed by atoms with van der Waals surface area (Å²) in [6.45, 7) is 2.06. The lowest BCUT2D eigenvalue weighted by atomic mass is 9.90. The molecule has 1 aliphatic rings. The third-order valence-electron chi connectivity index (χ3n) is 2.68. The number of carboxylic acids is 1. The first-order valence-electron chi connectivity index (χ1n) is 4.44. The minimum atomic E-state index is -0.598. The Hall–Kier alpha value is -0.530. The highest BCUT2D eigenvalue weighted by atomic mass is 16.4. The number of hydrogen-bond donors (Lipinski definition) is 1. The van der Waals surface area contributed by atoms with Gasteiger partial charge in [-0.25, -0.2) is 0 Å². The van der Waals surface area contributed by atoms with Crippen molar-refractivity contribution in [2.45, 2.75) is 39.0 Å². The van der Waals surface area contributed by atoms with Crippen LogP contribution in [0.4, 0.5) is 0 Å². The Kier molecular flexibility index (Phi) is 2.92. The minimum Gasteiger partial charge on any atom is -0.481 e. The lowest BCUT2D eigenvalue weighted by Crippen LogP contribution is -2.20. The van der Waals surface area contributed by atoms with E-state index in [1.54, 1.807) is 0 Å². The molecule has 0 amide bonds. The van der Waals surface area contributed by atoms with Crippen molar-refractivity contribution < 1.29 is 9.90 Å². The summed E-state index contributed by atoms with van der Waals surface area (Å²) in [5.41, 5.74) is 0. The van der Waals surface area contributed by atoms with Crippen LogP contribution in [0.1, 0.15) is 39.0 Å². The molecule has 1 saturated carbocycles. The SMILES string of the molecule is CC1CCCCCC1C(=O)O. The van der Waals surface area contributed by atoms with Gasteiger partial charge in [-0.3, -0.25) is 4.79 Å². The molecule has 0 radical (unpaired) electrons. The van der Waals surface area contributed by atoms with E-state index in [9.17, 15) is 4.79 Å². The van der Waals surface area contributed by atoms with Crippen LogP contribution in [-0.2, 0) is 4.79 Å². The smallest absolute Gasteiger partial charge is 0.306 e. The molecular formula is C9H16O2. The summed E-state index contributed by atoms with van der Waals surface area (Å²) in [5, 5.41) is 8.83. The molecule has 1 fully saturated rings. The summed E-state index contributed by atoms with van der Waals surface area (Å²) in [5.74, 6) is -0.285. The monoisotopic (exact) mass is 156 g/mol. The molecule has 0 aliphatic heterocycles. The van der Waals surface area contributed by atoms with Gasteiger partial charge in [-0.1, -0.05) is 26.2 Å². The van der Waals surface area contributed by atoms with Crippen molar-refractivity contribution in [1.82, 2.24) is 0 Å². The fraction of sp³-hybridized carbons (Fsp3) is 0.889. The molecule has 1 aliphatic carbocycles. The molecule has 0 aromatic rings. The summed E-state index contributed by atoms with van der Waals surface area (Å²) in [7, 11) is 0. The van der Waals surface area contributed by atoms with Crippen LogP contribution >= 0.6 is 0 Å². The van der Waals surface area contributed by atoms with Gasteiger partial charge in [0.2, 0.25) is 0 Å². The number of aliphatic carboxylic acids is 1. The maximum atomic E-state index is 10.7. The van der Waals surface area contributed by atoms with Gasteiger partial charge in [-0.15, -0.1) is 0 Å². The van der Waals surface area contributed by atoms with Gasteiger partial charge in [-0.2, -0.15) is 0 Å². The van der Waals surface area contributed by atoms with Gasteiger partial charge in [-0.05, 0) is 18.8 Å². The second-order valence-corrected chi connectivity index (χ2v) is 3.56. The van der Waals surface area contributed by atoms with E-state index in [4.69, 9.17) is 5.11 Å². The van der Waals surface area contributed by atoms with Crippen molar-refractivity contribution in [2.24, 2.45) is 11.8 Å². The van der Waals surface area contributed by atoms with Crippen LogP contribution in [-0.4, -0.2) is 11.1 Å². The normalized spacial score (nSPS) is 32.8. The molecule has 2 heteroatoms. The molecule has 2 unspecified atom stereocenters. The summed E-state index contributed by atoms with van der Waals surface area (Å²) in [6, 6.07) is 0. The molecule has 11 heavy (non-hydrogen) atoms. The number of rotatable bonds is 1. The Bertz CT molecular complexity index is 142. The largest absolute Gasteiger partial charge is 0.481 e. The summed E-state index contributed by atoms with van der Waals surface area (Å²) in [4.78, 5) is 10.7. The average molecular weight is 156 g/mol. The van der Waals surface area contributed by atoms with Gasteiger partial charge in [0.05, 0.1) is 5.92 Å². The number of carboxylic acid groups (broad SMARTS) is 1. The maximum Gasteiger partial charge on any atom is 0.306 e. The average Bonchev–Trinajstić information content (AvgIpc) is 2.13. The van der Waals surface area contributed by atoms with Crippen molar-refractivity contribution in [2.75, 3.05) is 0 Å². The molecule has 0 aromatic heterocycles. The first-order chi connectivity index (χ1) is 5.22. The highest BCUT2D eigenvalue weighted by molar-refractivity contribution is 5.70. The highest BCUT2D eigenvalue weighted by Gasteiger charge is 2.25. The second kappa shape index (κ2) is 3.74. The maximum absolute atomic E-state index is 10.7. The van der Waals surface area contributed by atoms with Gasteiger partial charge in [0.1, 0.15) is 0 Å². The van der Waals surface area contributed by atoms with Gasteiger partial charge in [0, 0.05) is 0 Å². The lowest BCUT2D eigenvalue weighted by molar-refractivity contribution is -0.143. The molecule has 0 spiro atoms. The third-order valence-corrected chi connectivity index (χ3v) is 2.68. The quantitative estimate of drug-likeness (QED) is 0.591. The van der Waals surface area contributed by atoms with Crippen LogP contribution in [0.25, 0.3) is 0 Å². The van der Waals surface area contributed by atoms with Crippen LogP contribution in [0.3, 0.4) is 0 Å². The molecule has 64 valence electrons. The summed E-state index contributed by atoms with van der Waals surface area (Å²) >= 11 is 0. The van der Waals surface area contributed by atoms with E-state index >= 15 is 0 Å². The zero-order chi connectivity index (χ0) is 8.27. The van der Waals surface area contributed by atoms with Gasteiger partial charge >= 0.3 is 5.97 Å². The van der Waals surface area contributed by atoms with Crippen LogP contribution in [0, 0.1) is 11.8 Å². The Balaban J connectivity index is 2.52. The molecule has 2 atom stereocenters. The van der Waals surface area contributed by atoms with Crippen molar-refractivity contribution in [3.05, 3.63) is 0 Å². The molecule has 1 rings (SSSR count). The Morgan fingerprint density at radius 2 is 1.91 bits per heavy atom. The number of carbonyl (C=O) groups is 1.